The topological polar surface area (TPSA) is 59.1 Å². The Bertz CT molecular complexity index is 434. The highest BCUT2D eigenvalue weighted by molar-refractivity contribution is 5.39. The maximum atomic E-state index is 4.99. The van der Waals surface area contributed by atoms with E-state index in [1.54, 1.807) is 18.9 Å². The summed E-state index contributed by atoms with van der Waals surface area (Å²) in [6.07, 6.45) is 10.5. The average molecular weight is 276 g/mol. The number of ether oxygens (including phenoxy) is 1. The zero-order chi connectivity index (χ0) is 14.0. The highest BCUT2D eigenvalue weighted by Crippen LogP contribution is 2.19. The van der Waals surface area contributed by atoms with Gasteiger partial charge < -0.3 is 15.4 Å². The first-order chi connectivity index (χ1) is 9.88. The molecule has 0 unspecified atom stereocenters. The number of allylic oxidation sites excluding steroid dienone is 1. The fourth-order valence-electron chi connectivity index (χ4n) is 2.29. The zero-order valence-corrected chi connectivity index (χ0v) is 12.2. The molecule has 20 heavy (non-hydrogen) atoms. The largest absolute Gasteiger partial charge is 0.383 e. The van der Waals surface area contributed by atoms with Crippen LogP contribution in [-0.2, 0) is 4.74 Å². The van der Waals surface area contributed by atoms with Crippen molar-refractivity contribution in [3.63, 3.8) is 0 Å². The smallest absolute Gasteiger partial charge is 0.224 e. The van der Waals surface area contributed by atoms with Gasteiger partial charge in [-0.25, -0.2) is 4.98 Å². The molecule has 5 nitrogen and oxygen atoms in total. The third-order valence-electron chi connectivity index (χ3n) is 3.38. The Labute approximate surface area is 120 Å². The minimum absolute atomic E-state index is 0.643. The standard InChI is InChI=1S/C15H24N4O/c1-20-12-11-18-15-17-10-8-14(19-15)16-9-7-13-5-3-2-4-6-13/h5,8,10H,2-4,6-7,9,11-12H2,1H3,(H2,16,17,18,19). The molecule has 1 aliphatic rings. The summed E-state index contributed by atoms with van der Waals surface area (Å²) in [4.78, 5) is 8.60. The summed E-state index contributed by atoms with van der Waals surface area (Å²) in [5, 5.41) is 6.49. The van der Waals surface area contributed by atoms with Gasteiger partial charge in [0, 0.05) is 26.4 Å². The molecule has 0 radical (unpaired) electrons. The van der Waals surface area contributed by atoms with Crippen molar-refractivity contribution in [1.29, 1.82) is 0 Å². The molecular weight excluding hydrogens is 252 g/mol. The van der Waals surface area contributed by atoms with Crippen LogP contribution in [0.25, 0.3) is 0 Å². The summed E-state index contributed by atoms with van der Waals surface area (Å²) in [6, 6.07) is 1.90. The molecule has 0 aromatic carbocycles. The number of methoxy groups -OCH3 is 1. The van der Waals surface area contributed by atoms with E-state index in [0.29, 0.717) is 19.1 Å². The second-order valence-electron chi connectivity index (χ2n) is 4.97. The van der Waals surface area contributed by atoms with E-state index in [2.05, 4.69) is 26.7 Å². The summed E-state index contributed by atoms with van der Waals surface area (Å²) < 4.78 is 4.99. The predicted octanol–water partition coefficient (Wildman–Crippen LogP) is 2.84. The van der Waals surface area contributed by atoms with Crippen molar-refractivity contribution >= 4 is 11.8 Å². The van der Waals surface area contributed by atoms with E-state index in [0.717, 1.165) is 18.8 Å². The third kappa shape index (κ3) is 5.17. The van der Waals surface area contributed by atoms with Crippen molar-refractivity contribution in [2.24, 2.45) is 0 Å². The van der Waals surface area contributed by atoms with E-state index in [4.69, 9.17) is 4.74 Å². The van der Waals surface area contributed by atoms with Crippen molar-refractivity contribution in [3.05, 3.63) is 23.9 Å². The van der Waals surface area contributed by atoms with E-state index in [1.807, 2.05) is 6.07 Å². The highest BCUT2D eigenvalue weighted by atomic mass is 16.5. The molecular formula is C15H24N4O. The summed E-state index contributed by atoms with van der Waals surface area (Å²) in [7, 11) is 1.68. The first-order valence-electron chi connectivity index (χ1n) is 7.36. The van der Waals surface area contributed by atoms with E-state index in [1.165, 1.54) is 25.7 Å². The maximum absolute atomic E-state index is 4.99. The molecule has 1 aliphatic carbocycles. The van der Waals surface area contributed by atoms with Gasteiger partial charge in [0.05, 0.1) is 6.61 Å². The lowest BCUT2D eigenvalue weighted by atomic mass is 9.97. The molecule has 5 heteroatoms. The Kier molecular flexibility index (Phi) is 6.31. The van der Waals surface area contributed by atoms with Crippen LogP contribution < -0.4 is 10.6 Å². The summed E-state index contributed by atoms with van der Waals surface area (Å²) in [5.74, 6) is 1.51. The van der Waals surface area contributed by atoms with Crippen LogP contribution in [0, 0.1) is 0 Å². The third-order valence-corrected chi connectivity index (χ3v) is 3.38. The molecule has 1 heterocycles. The lowest BCUT2D eigenvalue weighted by Crippen LogP contribution is -2.11. The van der Waals surface area contributed by atoms with Crippen LogP contribution >= 0.6 is 0 Å². The van der Waals surface area contributed by atoms with Gasteiger partial charge in [0.25, 0.3) is 0 Å². The minimum atomic E-state index is 0.643. The molecule has 0 spiro atoms. The molecule has 2 rings (SSSR count). The van der Waals surface area contributed by atoms with E-state index in [9.17, 15) is 0 Å². The Morgan fingerprint density at radius 1 is 1.25 bits per heavy atom. The molecule has 0 atom stereocenters. The number of hydrogen-bond donors (Lipinski definition) is 2. The van der Waals surface area contributed by atoms with Gasteiger partial charge in [-0.3, -0.25) is 0 Å². The van der Waals surface area contributed by atoms with Crippen molar-refractivity contribution in [2.45, 2.75) is 32.1 Å². The lowest BCUT2D eigenvalue weighted by Gasteiger charge is -2.13. The van der Waals surface area contributed by atoms with Gasteiger partial charge in [-0.1, -0.05) is 11.6 Å². The van der Waals surface area contributed by atoms with Crippen LogP contribution in [0.4, 0.5) is 11.8 Å². The molecule has 0 bridgehead atoms. The minimum Gasteiger partial charge on any atom is -0.383 e. The Balaban J connectivity index is 1.74. The number of nitrogens with one attached hydrogen (secondary N) is 2. The van der Waals surface area contributed by atoms with Crippen LogP contribution in [0.3, 0.4) is 0 Å². The van der Waals surface area contributed by atoms with Crippen molar-refractivity contribution < 1.29 is 4.74 Å². The lowest BCUT2D eigenvalue weighted by molar-refractivity contribution is 0.210. The molecule has 0 aliphatic heterocycles. The SMILES string of the molecule is COCCNc1nccc(NCCC2=CCCCC2)n1. The molecule has 0 amide bonds. The molecule has 2 N–H and O–H groups in total. The maximum Gasteiger partial charge on any atom is 0.224 e. The van der Waals surface area contributed by atoms with E-state index < -0.39 is 0 Å². The monoisotopic (exact) mass is 276 g/mol. The van der Waals surface area contributed by atoms with Gasteiger partial charge in [0.15, 0.2) is 0 Å². The van der Waals surface area contributed by atoms with Crippen molar-refractivity contribution in [3.8, 4) is 0 Å². The fraction of sp³-hybridized carbons (Fsp3) is 0.600. The molecule has 0 saturated heterocycles. The molecule has 1 aromatic rings. The van der Waals surface area contributed by atoms with Gasteiger partial charge in [0.1, 0.15) is 5.82 Å². The number of hydrogen-bond acceptors (Lipinski definition) is 5. The number of nitrogens with zero attached hydrogens (tertiary/aromatic N) is 2. The molecule has 0 fully saturated rings. The van der Waals surface area contributed by atoms with E-state index >= 15 is 0 Å². The first-order valence-corrected chi connectivity index (χ1v) is 7.36. The van der Waals surface area contributed by atoms with Crippen LogP contribution in [0.2, 0.25) is 0 Å². The average Bonchev–Trinajstić information content (AvgIpc) is 2.49. The van der Waals surface area contributed by atoms with Crippen LogP contribution in [0.15, 0.2) is 23.9 Å². The van der Waals surface area contributed by atoms with Crippen LogP contribution in [0.5, 0.6) is 0 Å². The molecule has 110 valence electrons. The second-order valence-corrected chi connectivity index (χ2v) is 4.97. The van der Waals surface area contributed by atoms with Crippen molar-refractivity contribution in [1.82, 2.24) is 9.97 Å². The predicted molar refractivity (Wildman–Crippen MR) is 82.1 cm³/mol. The Morgan fingerprint density at radius 2 is 2.20 bits per heavy atom. The van der Waals surface area contributed by atoms with E-state index in [-0.39, 0.29) is 0 Å². The Hall–Kier alpha value is -1.62. The fourth-order valence-corrected chi connectivity index (χ4v) is 2.29. The van der Waals surface area contributed by atoms with Gasteiger partial charge in [0.2, 0.25) is 5.95 Å². The number of aromatic nitrogens is 2. The van der Waals surface area contributed by atoms with Crippen LogP contribution in [0.1, 0.15) is 32.1 Å². The first kappa shape index (κ1) is 14.8. The molecule has 1 aromatic heterocycles. The summed E-state index contributed by atoms with van der Waals surface area (Å²) in [6.45, 7) is 2.29. The highest BCUT2D eigenvalue weighted by Gasteiger charge is 2.03. The normalized spacial score (nSPS) is 14.8. The van der Waals surface area contributed by atoms with Gasteiger partial charge >= 0.3 is 0 Å². The molecule has 0 saturated carbocycles. The van der Waals surface area contributed by atoms with Crippen molar-refractivity contribution in [2.75, 3.05) is 37.4 Å². The zero-order valence-electron chi connectivity index (χ0n) is 12.2. The van der Waals surface area contributed by atoms with Gasteiger partial charge in [-0.05, 0) is 38.2 Å². The quantitative estimate of drug-likeness (QED) is 0.565. The second kappa shape index (κ2) is 8.53. The van der Waals surface area contributed by atoms with Gasteiger partial charge in [-0.2, -0.15) is 4.98 Å². The summed E-state index contributed by atoms with van der Waals surface area (Å²) >= 11 is 0. The number of rotatable bonds is 8. The van der Waals surface area contributed by atoms with Gasteiger partial charge in [-0.15, -0.1) is 0 Å². The van der Waals surface area contributed by atoms with Crippen LogP contribution in [-0.4, -0.2) is 36.8 Å². The number of anilines is 2. The Morgan fingerprint density at radius 3 is 3.00 bits per heavy atom. The summed E-state index contributed by atoms with van der Waals surface area (Å²) in [5.41, 5.74) is 1.58.